The van der Waals surface area contributed by atoms with E-state index in [2.05, 4.69) is 28.5 Å². The fourth-order valence-electron chi connectivity index (χ4n) is 1.75. The molecule has 17 heavy (non-hydrogen) atoms. The minimum absolute atomic E-state index is 0.778. The number of aryl methyl sites for hydroxylation is 1. The van der Waals surface area contributed by atoms with Crippen molar-refractivity contribution < 1.29 is 4.42 Å². The molecule has 0 fully saturated rings. The zero-order valence-corrected chi connectivity index (χ0v) is 10.3. The number of fused-ring (bicyclic) bond motifs is 1. The first-order chi connectivity index (χ1) is 8.31. The maximum Gasteiger partial charge on any atom is 0.0952 e. The predicted molar refractivity (Wildman–Crippen MR) is 70.4 cm³/mol. The van der Waals surface area contributed by atoms with Crippen LogP contribution in [0.3, 0.4) is 0 Å². The van der Waals surface area contributed by atoms with Gasteiger partial charge in [0.15, 0.2) is 0 Å². The molecule has 3 rings (SSSR count). The summed E-state index contributed by atoms with van der Waals surface area (Å²) in [4.78, 5) is 4.44. The highest BCUT2D eigenvalue weighted by atomic mass is 32.1. The molecular weight excluding hydrogens is 232 g/mol. The second-order valence-corrected chi connectivity index (χ2v) is 5.14. The van der Waals surface area contributed by atoms with E-state index in [-0.39, 0.29) is 0 Å². The zero-order chi connectivity index (χ0) is 11.7. The first kappa shape index (κ1) is 10.4. The van der Waals surface area contributed by atoms with Crippen molar-refractivity contribution in [1.82, 2.24) is 4.98 Å². The summed E-state index contributed by atoms with van der Waals surface area (Å²) in [6.07, 6.45) is 3.44. The quantitative estimate of drug-likeness (QED) is 0.761. The summed E-state index contributed by atoms with van der Waals surface area (Å²) in [5.74, 6) is 0. The molecule has 0 atom stereocenters. The van der Waals surface area contributed by atoms with Crippen LogP contribution < -0.4 is 5.32 Å². The summed E-state index contributed by atoms with van der Waals surface area (Å²) in [5, 5.41) is 4.47. The maximum atomic E-state index is 5.03. The van der Waals surface area contributed by atoms with Crippen molar-refractivity contribution in [3.8, 4) is 0 Å². The lowest BCUT2D eigenvalue weighted by atomic mass is 10.2. The van der Waals surface area contributed by atoms with Gasteiger partial charge in [0.2, 0.25) is 0 Å². The average molecular weight is 244 g/mol. The highest BCUT2D eigenvalue weighted by Crippen LogP contribution is 2.24. The summed E-state index contributed by atoms with van der Waals surface area (Å²) in [6, 6.07) is 8.21. The third kappa shape index (κ3) is 2.17. The number of benzene rings is 1. The second-order valence-electron chi connectivity index (χ2n) is 3.90. The number of nitrogens with zero attached hydrogens (tertiary/aromatic N) is 1. The van der Waals surface area contributed by atoms with Gasteiger partial charge in [0.1, 0.15) is 0 Å². The van der Waals surface area contributed by atoms with Gasteiger partial charge < -0.3 is 9.73 Å². The topological polar surface area (TPSA) is 38.1 Å². The van der Waals surface area contributed by atoms with Crippen molar-refractivity contribution in [3.05, 3.63) is 47.4 Å². The SMILES string of the molecule is Cc1nc2ccc(NCc3ccoc3)cc2s1. The van der Waals surface area contributed by atoms with Crippen LogP contribution in [0.2, 0.25) is 0 Å². The normalized spacial score (nSPS) is 10.9. The average Bonchev–Trinajstić information content (AvgIpc) is 2.92. The van der Waals surface area contributed by atoms with Gasteiger partial charge in [-0.2, -0.15) is 0 Å². The van der Waals surface area contributed by atoms with E-state index in [0.717, 1.165) is 28.3 Å². The Morgan fingerprint density at radius 1 is 1.35 bits per heavy atom. The van der Waals surface area contributed by atoms with Crippen LogP contribution in [0.25, 0.3) is 10.2 Å². The molecule has 2 heterocycles. The van der Waals surface area contributed by atoms with E-state index in [4.69, 9.17) is 4.42 Å². The first-order valence-corrected chi connectivity index (χ1v) is 6.25. The number of aromatic nitrogens is 1. The molecule has 0 saturated heterocycles. The Kier molecular flexibility index (Phi) is 2.57. The minimum atomic E-state index is 0.778. The Morgan fingerprint density at radius 3 is 3.12 bits per heavy atom. The largest absolute Gasteiger partial charge is 0.472 e. The van der Waals surface area contributed by atoms with Crippen molar-refractivity contribution in [3.63, 3.8) is 0 Å². The lowest BCUT2D eigenvalue weighted by Crippen LogP contribution is -1.97. The molecule has 0 saturated carbocycles. The Bertz CT molecular complexity index is 628. The molecule has 1 N–H and O–H groups in total. The van der Waals surface area contributed by atoms with Crippen LogP contribution in [0.4, 0.5) is 5.69 Å². The van der Waals surface area contributed by atoms with E-state index in [1.54, 1.807) is 23.9 Å². The maximum absolute atomic E-state index is 5.03. The fourth-order valence-corrected chi connectivity index (χ4v) is 2.61. The molecule has 4 heteroatoms. The van der Waals surface area contributed by atoms with Gasteiger partial charge >= 0.3 is 0 Å². The van der Waals surface area contributed by atoms with Gasteiger partial charge in [-0.3, -0.25) is 0 Å². The number of nitrogens with one attached hydrogen (secondary N) is 1. The summed E-state index contributed by atoms with van der Waals surface area (Å²) in [6.45, 7) is 2.81. The molecule has 0 spiro atoms. The molecule has 0 amide bonds. The van der Waals surface area contributed by atoms with Crippen molar-refractivity contribution in [1.29, 1.82) is 0 Å². The number of hydrogen-bond donors (Lipinski definition) is 1. The Hall–Kier alpha value is -1.81. The van der Waals surface area contributed by atoms with Crippen molar-refractivity contribution >= 4 is 27.2 Å². The van der Waals surface area contributed by atoms with E-state index in [9.17, 15) is 0 Å². The standard InChI is InChI=1S/C13H12N2OS/c1-9-15-12-3-2-11(6-13(12)17-9)14-7-10-4-5-16-8-10/h2-6,8,14H,7H2,1H3. The minimum Gasteiger partial charge on any atom is -0.472 e. The molecular formula is C13H12N2OS. The number of rotatable bonds is 3. The van der Waals surface area contributed by atoms with Crippen molar-refractivity contribution in [2.75, 3.05) is 5.32 Å². The molecule has 0 bridgehead atoms. The lowest BCUT2D eigenvalue weighted by molar-refractivity contribution is 0.564. The molecule has 0 radical (unpaired) electrons. The number of hydrogen-bond acceptors (Lipinski definition) is 4. The molecule has 1 aromatic carbocycles. The van der Waals surface area contributed by atoms with Crippen LogP contribution in [0, 0.1) is 6.92 Å². The van der Waals surface area contributed by atoms with Crippen LogP contribution in [0.1, 0.15) is 10.6 Å². The summed E-state index contributed by atoms with van der Waals surface area (Å²) < 4.78 is 6.25. The third-order valence-electron chi connectivity index (χ3n) is 2.57. The highest BCUT2D eigenvalue weighted by Gasteiger charge is 2.01. The molecule has 0 unspecified atom stereocenters. The summed E-state index contributed by atoms with van der Waals surface area (Å²) >= 11 is 1.72. The van der Waals surface area contributed by atoms with Gasteiger partial charge in [0.05, 0.1) is 27.8 Å². The zero-order valence-electron chi connectivity index (χ0n) is 9.43. The fraction of sp³-hybridized carbons (Fsp3) is 0.154. The van der Waals surface area contributed by atoms with E-state index in [1.165, 1.54) is 4.70 Å². The summed E-state index contributed by atoms with van der Waals surface area (Å²) in [5.41, 5.74) is 3.33. The third-order valence-corrected chi connectivity index (χ3v) is 3.51. The van der Waals surface area contributed by atoms with E-state index >= 15 is 0 Å². The van der Waals surface area contributed by atoms with Gasteiger partial charge in [-0.15, -0.1) is 11.3 Å². The van der Waals surface area contributed by atoms with Gasteiger partial charge in [-0.1, -0.05) is 0 Å². The van der Waals surface area contributed by atoms with E-state index in [0.29, 0.717) is 0 Å². The Labute approximate surface area is 103 Å². The van der Waals surface area contributed by atoms with E-state index < -0.39 is 0 Å². The molecule has 86 valence electrons. The van der Waals surface area contributed by atoms with Crippen molar-refractivity contribution in [2.45, 2.75) is 13.5 Å². The van der Waals surface area contributed by atoms with Gasteiger partial charge in [-0.05, 0) is 31.2 Å². The summed E-state index contributed by atoms with van der Waals surface area (Å²) in [7, 11) is 0. The molecule has 0 aliphatic rings. The van der Waals surface area contributed by atoms with Gasteiger partial charge in [-0.25, -0.2) is 4.98 Å². The van der Waals surface area contributed by atoms with Gasteiger partial charge in [0.25, 0.3) is 0 Å². The lowest BCUT2D eigenvalue weighted by Gasteiger charge is -2.03. The van der Waals surface area contributed by atoms with Crippen LogP contribution in [0.15, 0.2) is 41.2 Å². The molecule has 0 aliphatic carbocycles. The number of anilines is 1. The van der Waals surface area contributed by atoms with Crippen LogP contribution in [-0.4, -0.2) is 4.98 Å². The van der Waals surface area contributed by atoms with Crippen LogP contribution in [-0.2, 0) is 6.54 Å². The van der Waals surface area contributed by atoms with Gasteiger partial charge in [0, 0.05) is 17.8 Å². The Balaban J connectivity index is 1.81. The molecule has 3 aromatic rings. The molecule has 3 nitrogen and oxygen atoms in total. The molecule has 0 aliphatic heterocycles. The van der Waals surface area contributed by atoms with E-state index in [1.807, 2.05) is 13.0 Å². The monoisotopic (exact) mass is 244 g/mol. The van der Waals surface area contributed by atoms with Crippen molar-refractivity contribution in [2.24, 2.45) is 0 Å². The second kappa shape index (κ2) is 4.22. The Morgan fingerprint density at radius 2 is 2.29 bits per heavy atom. The smallest absolute Gasteiger partial charge is 0.0952 e. The van der Waals surface area contributed by atoms with Crippen LogP contribution >= 0.6 is 11.3 Å². The first-order valence-electron chi connectivity index (χ1n) is 5.43. The number of furan rings is 1. The predicted octanol–water partition coefficient (Wildman–Crippen LogP) is 3.81. The van der Waals surface area contributed by atoms with Crippen LogP contribution in [0.5, 0.6) is 0 Å². The number of thiazole rings is 1. The highest BCUT2D eigenvalue weighted by molar-refractivity contribution is 7.18. The molecule has 2 aromatic heterocycles.